The molecule has 3 rings (SSSR count). The van der Waals surface area contributed by atoms with Crippen LogP contribution in [0.2, 0.25) is 0 Å². The minimum absolute atomic E-state index is 0.0431. The van der Waals surface area contributed by atoms with Gasteiger partial charge in [0.2, 0.25) is 11.8 Å². The average molecular weight is 376 g/mol. The first-order valence-corrected chi connectivity index (χ1v) is 8.26. The summed E-state index contributed by atoms with van der Waals surface area (Å²) in [6.45, 7) is 0.454. The van der Waals surface area contributed by atoms with Crippen molar-refractivity contribution in [2.75, 3.05) is 18.5 Å². The third-order valence-electron chi connectivity index (χ3n) is 4.33. The van der Waals surface area contributed by atoms with Gasteiger partial charge in [-0.25, -0.2) is 9.78 Å². The van der Waals surface area contributed by atoms with E-state index < -0.39 is 29.8 Å². The van der Waals surface area contributed by atoms with Crippen LogP contribution >= 0.6 is 0 Å². The van der Waals surface area contributed by atoms with Crippen LogP contribution in [0.1, 0.15) is 31.2 Å². The van der Waals surface area contributed by atoms with Crippen LogP contribution in [0.5, 0.6) is 5.88 Å². The first kappa shape index (κ1) is 18.5. The Kier molecular flexibility index (Phi) is 5.35. The minimum atomic E-state index is -4.61. The number of hydrogen-bond donors (Lipinski definition) is 3. The number of nitrogens with one attached hydrogen (secondary N) is 2. The van der Waals surface area contributed by atoms with Gasteiger partial charge in [0.25, 0.3) is 0 Å². The van der Waals surface area contributed by atoms with Crippen LogP contribution in [0.3, 0.4) is 0 Å². The molecule has 0 bridgehead atoms. The van der Waals surface area contributed by atoms with Crippen molar-refractivity contribution in [2.45, 2.75) is 50.0 Å². The second kappa shape index (κ2) is 7.52. The normalized spacial score (nSPS) is 23.8. The number of ether oxygens (including phenoxy) is 2. The lowest BCUT2D eigenvalue weighted by atomic mass is 9.91. The number of anilines is 1. The predicted molar refractivity (Wildman–Crippen MR) is 83.1 cm³/mol. The molecule has 144 valence electrons. The van der Waals surface area contributed by atoms with Crippen LogP contribution in [-0.2, 0) is 10.9 Å². The number of amides is 1. The molecule has 1 saturated carbocycles. The van der Waals surface area contributed by atoms with Crippen LogP contribution in [-0.4, -0.2) is 52.6 Å². The summed E-state index contributed by atoms with van der Waals surface area (Å²) in [5.41, 5.74) is -1.02. The first-order valence-electron chi connectivity index (χ1n) is 8.26. The molecule has 1 aromatic heterocycles. The maximum atomic E-state index is 13.1. The number of rotatable bonds is 5. The molecule has 1 saturated heterocycles. The zero-order chi connectivity index (χ0) is 18.7. The Morgan fingerprint density at radius 1 is 1.23 bits per heavy atom. The Bertz CT molecular complexity index is 646. The number of halogens is 3. The Balaban J connectivity index is 1.64. The van der Waals surface area contributed by atoms with Crippen LogP contribution in [0.25, 0.3) is 0 Å². The monoisotopic (exact) mass is 376 g/mol. The van der Waals surface area contributed by atoms with Gasteiger partial charge in [-0.2, -0.15) is 18.2 Å². The summed E-state index contributed by atoms with van der Waals surface area (Å²) in [7, 11) is 0. The highest BCUT2D eigenvalue weighted by Gasteiger charge is 2.38. The fourth-order valence-corrected chi connectivity index (χ4v) is 2.90. The quantitative estimate of drug-likeness (QED) is 0.724. The summed E-state index contributed by atoms with van der Waals surface area (Å²) in [6, 6.07) is -0.157. The topological polar surface area (TPSA) is 106 Å². The van der Waals surface area contributed by atoms with E-state index in [1.807, 2.05) is 0 Å². The van der Waals surface area contributed by atoms with Gasteiger partial charge in [0, 0.05) is 18.3 Å². The van der Waals surface area contributed by atoms with E-state index in [2.05, 4.69) is 20.6 Å². The number of hydrogen-bond acceptors (Lipinski definition) is 6. The highest BCUT2D eigenvalue weighted by atomic mass is 19.4. The van der Waals surface area contributed by atoms with E-state index in [4.69, 9.17) is 14.6 Å². The molecule has 0 unspecified atom stereocenters. The van der Waals surface area contributed by atoms with Crippen molar-refractivity contribution in [2.24, 2.45) is 0 Å². The molecule has 1 amide bonds. The van der Waals surface area contributed by atoms with Gasteiger partial charge in [0.05, 0.1) is 13.2 Å². The summed E-state index contributed by atoms with van der Waals surface area (Å²) >= 11 is 0. The molecule has 2 heterocycles. The van der Waals surface area contributed by atoms with Crippen LogP contribution in [0.4, 0.5) is 23.9 Å². The lowest BCUT2D eigenvalue weighted by Crippen LogP contribution is -2.40. The maximum Gasteiger partial charge on any atom is 0.423 e. The fourth-order valence-electron chi connectivity index (χ4n) is 2.90. The van der Waals surface area contributed by atoms with Crippen LogP contribution in [0, 0.1) is 0 Å². The van der Waals surface area contributed by atoms with Gasteiger partial charge in [0.15, 0.2) is 0 Å². The van der Waals surface area contributed by atoms with E-state index in [0.717, 1.165) is 0 Å². The standard InChI is InChI=1S/C15H19F3N4O4/c16-15(17,18)11-5-19-13(22-12(11)26-10-6-25-7-10)20-8-1-3-9(4-2-8)21-14(23)24/h5,8-10,21H,1-4,6-7H2,(H,23,24)(H,19,20,22)/t8-,9-. The lowest BCUT2D eigenvalue weighted by molar-refractivity contribution is -0.142. The van der Waals surface area contributed by atoms with Crippen molar-refractivity contribution in [3.63, 3.8) is 0 Å². The van der Waals surface area contributed by atoms with Crippen molar-refractivity contribution >= 4 is 12.0 Å². The molecule has 2 aliphatic rings. The Labute approximate surface area is 147 Å². The second-order valence-corrected chi connectivity index (χ2v) is 6.33. The van der Waals surface area contributed by atoms with Crippen molar-refractivity contribution in [3.05, 3.63) is 11.8 Å². The molecule has 11 heteroatoms. The summed E-state index contributed by atoms with van der Waals surface area (Å²) in [4.78, 5) is 18.3. The molecule has 1 aliphatic heterocycles. The Morgan fingerprint density at radius 3 is 2.42 bits per heavy atom. The van der Waals surface area contributed by atoms with Crippen LogP contribution in [0.15, 0.2) is 6.20 Å². The molecule has 2 fully saturated rings. The van der Waals surface area contributed by atoms with E-state index in [-0.39, 0.29) is 31.2 Å². The highest BCUT2D eigenvalue weighted by molar-refractivity contribution is 5.64. The number of carbonyl (C=O) groups is 1. The number of aromatic nitrogens is 2. The Hall–Kier alpha value is -2.30. The molecule has 26 heavy (non-hydrogen) atoms. The summed E-state index contributed by atoms with van der Waals surface area (Å²) in [6.07, 6.45) is -2.84. The Morgan fingerprint density at radius 2 is 1.88 bits per heavy atom. The summed E-state index contributed by atoms with van der Waals surface area (Å²) in [5.74, 6) is -0.451. The maximum absolute atomic E-state index is 13.1. The SMILES string of the molecule is O=C(O)N[C@H]1CC[C@H](Nc2ncc(C(F)(F)F)c(OC3COC3)n2)CC1. The molecule has 3 N–H and O–H groups in total. The van der Waals surface area contributed by atoms with Crippen molar-refractivity contribution < 1.29 is 32.5 Å². The average Bonchev–Trinajstić information content (AvgIpc) is 2.51. The van der Waals surface area contributed by atoms with Crippen molar-refractivity contribution in [1.82, 2.24) is 15.3 Å². The van der Waals surface area contributed by atoms with E-state index in [1.165, 1.54) is 0 Å². The van der Waals surface area contributed by atoms with Crippen molar-refractivity contribution in [1.29, 1.82) is 0 Å². The van der Waals surface area contributed by atoms with Gasteiger partial charge < -0.3 is 25.2 Å². The van der Waals surface area contributed by atoms with E-state index in [0.29, 0.717) is 31.9 Å². The zero-order valence-electron chi connectivity index (χ0n) is 13.8. The number of nitrogens with zero attached hydrogens (tertiary/aromatic N) is 2. The third-order valence-corrected chi connectivity index (χ3v) is 4.33. The molecule has 0 atom stereocenters. The van der Waals surface area contributed by atoms with Crippen molar-refractivity contribution in [3.8, 4) is 5.88 Å². The predicted octanol–water partition coefficient (Wildman–Crippen LogP) is 2.26. The molecule has 0 aromatic carbocycles. The minimum Gasteiger partial charge on any atom is -0.469 e. The van der Waals surface area contributed by atoms with Gasteiger partial charge in [-0.15, -0.1) is 0 Å². The van der Waals surface area contributed by atoms with Gasteiger partial charge in [-0.1, -0.05) is 0 Å². The van der Waals surface area contributed by atoms with E-state index in [1.54, 1.807) is 0 Å². The summed E-state index contributed by atoms with van der Waals surface area (Å²) < 4.78 is 49.5. The molecule has 1 aromatic rings. The third kappa shape index (κ3) is 4.65. The molecule has 0 spiro atoms. The van der Waals surface area contributed by atoms with Gasteiger partial charge in [0.1, 0.15) is 11.7 Å². The van der Waals surface area contributed by atoms with E-state index >= 15 is 0 Å². The number of carboxylic acid groups (broad SMARTS) is 1. The van der Waals surface area contributed by atoms with E-state index in [9.17, 15) is 18.0 Å². The smallest absolute Gasteiger partial charge is 0.423 e. The molecule has 0 radical (unpaired) electrons. The fraction of sp³-hybridized carbons (Fsp3) is 0.667. The number of alkyl halides is 3. The van der Waals surface area contributed by atoms with Gasteiger partial charge in [-0.3, -0.25) is 0 Å². The lowest BCUT2D eigenvalue weighted by Gasteiger charge is -2.29. The van der Waals surface area contributed by atoms with Crippen LogP contribution < -0.4 is 15.4 Å². The molecular weight excluding hydrogens is 357 g/mol. The summed E-state index contributed by atoms with van der Waals surface area (Å²) in [5, 5.41) is 14.2. The molecular formula is C15H19F3N4O4. The molecule has 1 aliphatic carbocycles. The van der Waals surface area contributed by atoms with Gasteiger partial charge in [-0.05, 0) is 25.7 Å². The van der Waals surface area contributed by atoms with Gasteiger partial charge >= 0.3 is 12.3 Å². The molecule has 8 nitrogen and oxygen atoms in total. The largest absolute Gasteiger partial charge is 0.469 e. The zero-order valence-corrected chi connectivity index (χ0v) is 13.8. The first-order chi connectivity index (χ1) is 12.3. The second-order valence-electron chi connectivity index (χ2n) is 6.33. The highest BCUT2D eigenvalue weighted by Crippen LogP contribution is 2.36.